The highest BCUT2D eigenvalue weighted by atomic mass is 16.2. The van der Waals surface area contributed by atoms with Crippen molar-refractivity contribution in [3.05, 3.63) is 59.2 Å². The normalized spacial score (nSPS) is 21.1. The summed E-state index contributed by atoms with van der Waals surface area (Å²) in [4.78, 5) is 28.0. The van der Waals surface area contributed by atoms with Gasteiger partial charge in [0, 0.05) is 62.5 Å². The number of anilines is 1. The molecular weight excluding hydrogens is 474 g/mol. The molecule has 0 spiro atoms. The summed E-state index contributed by atoms with van der Waals surface area (Å²) in [6.07, 6.45) is 9.87. The number of piperazine rings is 1. The second kappa shape index (κ2) is 11.0. The lowest BCUT2D eigenvalue weighted by atomic mass is 10.0. The quantitative estimate of drug-likeness (QED) is 0.524. The number of amides is 1. The van der Waals surface area contributed by atoms with Crippen LogP contribution < -0.4 is 10.6 Å². The minimum Gasteiger partial charge on any atom is -0.358 e. The largest absolute Gasteiger partial charge is 0.358 e. The van der Waals surface area contributed by atoms with Crippen molar-refractivity contribution in [1.82, 2.24) is 29.7 Å². The maximum Gasteiger partial charge on any atom is 0.242 e. The van der Waals surface area contributed by atoms with Gasteiger partial charge in [-0.1, -0.05) is 38.0 Å². The first-order chi connectivity index (χ1) is 18.4. The van der Waals surface area contributed by atoms with Crippen molar-refractivity contribution in [2.45, 2.75) is 45.9 Å². The number of aromatic nitrogens is 3. The number of terminal acetylenes is 1. The first-order valence-corrected chi connectivity index (χ1v) is 13.4. The molecule has 3 aromatic rings. The second-order valence-electron chi connectivity index (χ2n) is 10.6. The van der Waals surface area contributed by atoms with Crippen molar-refractivity contribution in [2.24, 2.45) is 13.0 Å². The molecule has 198 valence electrons. The number of carbonyl (C=O) groups excluding carboxylic acids is 1. The molecule has 2 aliphatic rings. The zero-order chi connectivity index (χ0) is 26.8. The van der Waals surface area contributed by atoms with E-state index in [-0.39, 0.29) is 23.9 Å². The molecule has 5 rings (SSSR count). The van der Waals surface area contributed by atoms with Gasteiger partial charge >= 0.3 is 0 Å². The SMILES string of the molecule is C#Cc1cc(CN2CCN3Cc4nc(c5ccccc5n4)N[C@@H](C(C)C)C(=O)NCC3C2)n(C)c1/C=C\C. The molecule has 2 aromatic heterocycles. The molecule has 1 fully saturated rings. The van der Waals surface area contributed by atoms with Crippen LogP contribution in [0.2, 0.25) is 0 Å². The smallest absolute Gasteiger partial charge is 0.242 e. The maximum atomic E-state index is 13.4. The summed E-state index contributed by atoms with van der Waals surface area (Å²) in [5.41, 5.74) is 4.05. The van der Waals surface area contributed by atoms with Crippen molar-refractivity contribution >= 4 is 28.7 Å². The van der Waals surface area contributed by atoms with Crippen molar-refractivity contribution < 1.29 is 4.79 Å². The van der Waals surface area contributed by atoms with Gasteiger partial charge in [0.1, 0.15) is 17.7 Å². The molecule has 0 saturated carbocycles. The fourth-order valence-electron chi connectivity index (χ4n) is 5.53. The molecule has 0 aliphatic carbocycles. The lowest BCUT2D eigenvalue weighted by Gasteiger charge is -2.41. The lowest BCUT2D eigenvalue weighted by Crippen LogP contribution is -2.57. The van der Waals surface area contributed by atoms with E-state index >= 15 is 0 Å². The van der Waals surface area contributed by atoms with Crippen LogP contribution in [0.3, 0.4) is 0 Å². The molecule has 2 N–H and O–H groups in total. The average Bonchev–Trinajstić information content (AvgIpc) is 3.19. The van der Waals surface area contributed by atoms with Crippen LogP contribution in [0.4, 0.5) is 5.82 Å². The molecule has 8 nitrogen and oxygen atoms in total. The summed E-state index contributed by atoms with van der Waals surface area (Å²) in [7, 11) is 2.07. The molecule has 8 heteroatoms. The molecule has 1 aromatic carbocycles. The maximum absolute atomic E-state index is 13.4. The molecule has 2 bridgehead atoms. The highest BCUT2D eigenvalue weighted by molar-refractivity contribution is 5.92. The van der Waals surface area contributed by atoms with Crippen LogP contribution in [-0.4, -0.2) is 68.5 Å². The number of benzene rings is 1. The van der Waals surface area contributed by atoms with E-state index in [1.807, 2.05) is 37.3 Å². The Kier molecular flexibility index (Phi) is 7.50. The summed E-state index contributed by atoms with van der Waals surface area (Å²) >= 11 is 0. The van der Waals surface area contributed by atoms with Gasteiger partial charge in [0.15, 0.2) is 0 Å². The Balaban J connectivity index is 1.43. The van der Waals surface area contributed by atoms with Crippen molar-refractivity contribution in [2.75, 3.05) is 31.5 Å². The Morgan fingerprint density at radius 1 is 1.24 bits per heavy atom. The Hall–Kier alpha value is -3.67. The molecule has 1 unspecified atom stereocenters. The first-order valence-electron chi connectivity index (χ1n) is 13.4. The standard InChI is InChI=1S/C30H37N7O/c1-6-10-26-21(7-2)15-22(35(26)5)17-36-13-14-37-19-27-32-25-12-9-8-11-24(25)29(33-27)34-28(20(3)4)30(38)31-16-23(37)18-36/h2,6,8-12,15,20,23,28H,13-14,16-19H2,1,3-5H3,(H,31,38)(H,32,33,34)/b10-6-/t23?,28-/m0/s1. The van der Waals surface area contributed by atoms with Crippen LogP contribution in [0.25, 0.3) is 17.0 Å². The van der Waals surface area contributed by atoms with E-state index in [1.165, 1.54) is 5.69 Å². The molecule has 1 amide bonds. The summed E-state index contributed by atoms with van der Waals surface area (Å²) in [6, 6.07) is 9.86. The second-order valence-corrected chi connectivity index (χ2v) is 10.6. The predicted molar refractivity (Wildman–Crippen MR) is 152 cm³/mol. The zero-order valence-corrected chi connectivity index (χ0v) is 22.7. The third-order valence-electron chi connectivity index (χ3n) is 7.68. The number of para-hydroxylation sites is 1. The fraction of sp³-hybridized carbons (Fsp3) is 0.433. The van der Waals surface area contributed by atoms with Gasteiger partial charge in [0.05, 0.1) is 17.8 Å². The minimum atomic E-state index is -0.386. The number of hydrogen-bond donors (Lipinski definition) is 2. The Morgan fingerprint density at radius 3 is 2.82 bits per heavy atom. The molecule has 4 heterocycles. The zero-order valence-electron chi connectivity index (χ0n) is 22.7. The van der Waals surface area contributed by atoms with Gasteiger partial charge in [0.25, 0.3) is 0 Å². The molecule has 38 heavy (non-hydrogen) atoms. The van der Waals surface area contributed by atoms with Crippen molar-refractivity contribution in [3.63, 3.8) is 0 Å². The van der Waals surface area contributed by atoms with Gasteiger partial charge in [0.2, 0.25) is 5.91 Å². The van der Waals surface area contributed by atoms with E-state index in [9.17, 15) is 4.79 Å². The Bertz CT molecular complexity index is 1400. The average molecular weight is 512 g/mol. The predicted octanol–water partition coefficient (Wildman–Crippen LogP) is 3.24. The number of hydrogen-bond acceptors (Lipinski definition) is 6. The van der Waals surface area contributed by atoms with E-state index in [2.05, 4.69) is 64.0 Å². The summed E-state index contributed by atoms with van der Waals surface area (Å²) < 4.78 is 2.18. The van der Waals surface area contributed by atoms with E-state index in [0.717, 1.165) is 60.0 Å². The third-order valence-corrected chi connectivity index (χ3v) is 7.68. The third kappa shape index (κ3) is 5.17. The lowest BCUT2D eigenvalue weighted by molar-refractivity contribution is -0.123. The highest BCUT2D eigenvalue weighted by Crippen LogP contribution is 2.25. The Labute approximate surface area is 225 Å². The van der Waals surface area contributed by atoms with Crippen LogP contribution >= 0.6 is 0 Å². The van der Waals surface area contributed by atoms with E-state index < -0.39 is 0 Å². The van der Waals surface area contributed by atoms with Crippen LogP contribution in [0.5, 0.6) is 0 Å². The number of rotatable bonds is 4. The van der Waals surface area contributed by atoms with E-state index in [1.54, 1.807) is 0 Å². The summed E-state index contributed by atoms with van der Waals surface area (Å²) in [6.45, 7) is 10.7. The minimum absolute atomic E-state index is 0.000285. The highest BCUT2D eigenvalue weighted by Gasteiger charge is 2.32. The number of nitrogens with one attached hydrogen (secondary N) is 2. The molecule has 1 saturated heterocycles. The number of fused-ring (bicyclic) bond motifs is 5. The van der Waals surface area contributed by atoms with Gasteiger partial charge in [-0.3, -0.25) is 14.6 Å². The van der Waals surface area contributed by atoms with Gasteiger partial charge in [-0.2, -0.15) is 0 Å². The van der Waals surface area contributed by atoms with Crippen LogP contribution in [-0.2, 0) is 24.9 Å². The van der Waals surface area contributed by atoms with Gasteiger partial charge in [-0.05, 0) is 37.1 Å². The van der Waals surface area contributed by atoms with Crippen LogP contribution in [0, 0.1) is 18.3 Å². The fourth-order valence-corrected chi connectivity index (χ4v) is 5.53. The number of allylic oxidation sites excluding steroid dienone is 1. The van der Waals surface area contributed by atoms with Crippen LogP contribution in [0.1, 0.15) is 43.5 Å². The van der Waals surface area contributed by atoms with E-state index in [4.69, 9.17) is 16.4 Å². The van der Waals surface area contributed by atoms with Crippen LogP contribution in [0.15, 0.2) is 36.4 Å². The van der Waals surface area contributed by atoms with Gasteiger partial charge in [-0.25, -0.2) is 9.97 Å². The number of carbonyl (C=O) groups is 1. The van der Waals surface area contributed by atoms with Crippen molar-refractivity contribution in [1.29, 1.82) is 0 Å². The van der Waals surface area contributed by atoms with Crippen molar-refractivity contribution in [3.8, 4) is 12.3 Å². The molecule has 2 aliphatic heterocycles. The monoisotopic (exact) mass is 511 g/mol. The topological polar surface area (TPSA) is 78.3 Å². The summed E-state index contributed by atoms with van der Waals surface area (Å²) in [5, 5.41) is 7.62. The van der Waals surface area contributed by atoms with Gasteiger partial charge < -0.3 is 15.2 Å². The molecule has 2 atom stereocenters. The van der Waals surface area contributed by atoms with E-state index in [0.29, 0.717) is 13.1 Å². The summed E-state index contributed by atoms with van der Waals surface area (Å²) in [5.74, 6) is 4.42. The molecular formula is C30H37N7O. The first kappa shape index (κ1) is 26.0. The van der Waals surface area contributed by atoms with Gasteiger partial charge in [-0.15, -0.1) is 6.42 Å². The Morgan fingerprint density at radius 2 is 2.05 bits per heavy atom. The number of nitrogens with zero attached hydrogens (tertiary/aromatic N) is 5. The molecule has 0 radical (unpaired) electrons.